The number of rotatable bonds is 4. The van der Waals surface area contributed by atoms with Gasteiger partial charge >= 0.3 is 0 Å². The Morgan fingerprint density at radius 2 is 2.05 bits per heavy atom. The molecule has 0 aliphatic heterocycles. The van der Waals surface area contributed by atoms with Crippen LogP contribution in [0.5, 0.6) is 0 Å². The largest absolute Gasteiger partial charge is 0.317 e. The number of anilines is 1. The highest BCUT2D eigenvalue weighted by Gasteiger charge is 2.14. The molecule has 0 unspecified atom stereocenters. The van der Waals surface area contributed by atoms with Crippen molar-refractivity contribution in [2.75, 3.05) is 4.72 Å². The molecule has 0 radical (unpaired) electrons. The van der Waals surface area contributed by atoms with E-state index in [-0.39, 0.29) is 4.90 Å². The lowest BCUT2D eigenvalue weighted by atomic mass is 10.2. The molecular formula is C14H13N5O2S. The summed E-state index contributed by atoms with van der Waals surface area (Å²) in [6, 6.07) is 10.0. The van der Waals surface area contributed by atoms with Crippen LogP contribution in [0.2, 0.25) is 0 Å². The van der Waals surface area contributed by atoms with Crippen LogP contribution in [-0.2, 0) is 17.1 Å². The lowest BCUT2D eigenvalue weighted by molar-refractivity contribution is 0.601. The lowest BCUT2D eigenvalue weighted by Gasteiger charge is -2.09. The van der Waals surface area contributed by atoms with Crippen molar-refractivity contribution in [2.24, 2.45) is 7.05 Å². The molecule has 0 spiro atoms. The molecule has 0 aliphatic rings. The zero-order chi connectivity index (χ0) is 15.6. The minimum absolute atomic E-state index is 0.110. The predicted molar refractivity (Wildman–Crippen MR) is 81.5 cm³/mol. The molecule has 0 fully saturated rings. The molecule has 0 bridgehead atoms. The number of nitrogens with zero attached hydrogens (tertiary/aromatic N) is 4. The van der Waals surface area contributed by atoms with Crippen LogP contribution in [0, 0.1) is 0 Å². The number of nitrogens with one attached hydrogen (secondary N) is 1. The first-order valence-electron chi connectivity index (χ1n) is 6.43. The lowest BCUT2D eigenvalue weighted by Crippen LogP contribution is -2.13. The van der Waals surface area contributed by atoms with Crippen LogP contribution in [0.1, 0.15) is 0 Å². The fourth-order valence-electron chi connectivity index (χ4n) is 1.99. The highest BCUT2D eigenvalue weighted by atomic mass is 32.2. The Bertz CT molecular complexity index is 890. The summed E-state index contributed by atoms with van der Waals surface area (Å²) in [6.07, 6.45) is 4.41. The van der Waals surface area contributed by atoms with Crippen molar-refractivity contribution in [1.82, 2.24) is 19.7 Å². The van der Waals surface area contributed by atoms with Gasteiger partial charge < -0.3 is 4.57 Å². The van der Waals surface area contributed by atoms with Crippen LogP contribution in [0.15, 0.2) is 60.0 Å². The van der Waals surface area contributed by atoms with Crippen molar-refractivity contribution in [1.29, 1.82) is 0 Å². The molecule has 1 N–H and O–H groups in total. The predicted octanol–water partition coefficient (Wildman–Crippen LogP) is 1.68. The standard InChI is InChI=1S/C14H13N5O2S/c1-19-10-16-17-14(19)11-4-2-5-12(8-11)18-22(20,21)13-6-3-7-15-9-13/h2-10,18H,1H3. The van der Waals surface area contributed by atoms with Crippen molar-refractivity contribution in [2.45, 2.75) is 4.90 Å². The van der Waals surface area contributed by atoms with E-state index in [4.69, 9.17) is 0 Å². The van der Waals surface area contributed by atoms with E-state index in [9.17, 15) is 8.42 Å². The fraction of sp³-hybridized carbons (Fsp3) is 0.0714. The number of hydrogen-bond acceptors (Lipinski definition) is 5. The highest BCUT2D eigenvalue weighted by Crippen LogP contribution is 2.22. The first-order chi connectivity index (χ1) is 10.6. The first-order valence-corrected chi connectivity index (χ1v) is 7.92. The summed E-state index contributed by atoms with van der Waals surface area (Å²) < 4.78 is 28.9. The summed E-state index contributed by atoms with van der Waals surface area (Å²) in [5, 5.41) is 7.82. The molecule has 8 heteroatoms. The van der Waals surface area contributed by atoms with Gasteiger partial charge in [0.2, 0.25) is 0 Å². The Labute approximate surface area is 127 Å². The summed E-state index contributed by atoms with van der Waals surface area (Å²) in [5.41, 5.74) is 1.22. The third-order valence-corrected chi connectivity index (χ3v) is 4.40. The van der Waals surface area contributed by atoms with Crippen molar-refractivity contribution in [3.05, 3.63) is 55.1 Å². The van der Waals surface area contributed by atoms with E-state index in [0.717, 1.165) is 5.56 Å². The Balaban J connectivity index is 1.93. The van der Waals surface area contributed by atoms with Gasteiger partial charge in [-0.2, -0.15) is 0 Å². The summed E-state index contributed by atoms with van der Waals surface area (Å²) in [5.74, 6) is 0.655. The van der Waals surface area contributed by atoms with Crippen LogP contribution in [-0.4, -0.2) is 28.2 Å². The molecule has 112 valence electrons. The monoisotopic (exact) mass is 315 g/mol. The second-order valence-electron chi connectivity index (χ2n) is 4.64. The van der Waals surface area contributed by atoms with Crippen molar-refractivity contribution >= 4 is 15.7 Å². The molecule has 0 atom stereocenters. The van der Waals surface area contributed by atoms with Crippen molar-refractivity contribution < 1.29 is 8.42 Å². The van der Waals surface area contributed by atoms with Gasteiger partial charge in [-0.05, 0) is 24.3 Å². The topological polar surface area (TPSA) is 89.8 Å². The smallest absolute Gasteiger partial charge is 0.263 e. The van der Waals surface area contributed by atoms with Gasteiger partial charge in [0.05, 0.1) is 0 Å². The summed E-state index contributed by atoms with van der Waals surface area (Å²) in [7, 11) is -1.84. The third-order valence-electron chi connectivity index (χ3n) is 3.03. The molecule has 22 heavy (non-hydrogen) atoms. The molecule has 2 aromatic heterocycles. The Kier molecular flexibility index (Phi) is 3.60. The van der Waals surface area contributed by atoms with Gasteiger partial charge in [-0.1, -0.05) is 12.1 Å². The van der Waals surface area contributed by atoms with E-state index < -0.39 is 10.0 Å². The van der Waals surface area contributed by atoms with Crippen LogP contribution in [0.4, 0.5) is 5.69 Å². The van der Waals surface area contributed by atoms with Gasteiger partial charge in [0, 0.05) is 30.7 Å². The summed E-state index contributed by atoms with van der Waals surface area (Å²) in [6.45, 7) is 0. The van der Waals surface area contributed by atoms with Crippen LogP contribution in [0.25, 0.3) is 11.4 Å². The zero-order valence-electron chi connectivity index (χ0n) is 11.7. The Morgan fingerprint density at radius 1 is 1.18 bits per heavy atom. The first kappa shape index (κ1) is 14.2. The number of pyridine rings is 1. The third kappa shape index (κ3) is 2.82. The maximum atomic E-state index is 12.3. The van der Waals surface area contributed by atoms with Gasteiger partial charge in [0.15, 0.2) is 5.82 Å². The molecule has 0 aliphatic carbocycles. The Hall–Kier alpha value is -2.74. The molecule has 1 aromatic carbocycles. The molecule has 0 amide bonds. The van der Waals surface area contributed by atoms with Gasteiger partial charge in [-0.25, -0.2) is 8.42 Å². The van der Waals surface area contributed by atoms with Gasteiger partial charge in [0.25, 0.3) is 10.0 Å². The van der Waals surface area contributed by atoms with Gasteiger partial charge in [-0.15, -0.1) is 10.2 Å². The van der Waals surface area contributed by atoms with Crippen LogP contribution >= 0.6 is 0 Å². The molecule has 3 rings (SSSR count). The molecular weight excluding hydrogens is 302 g/mol. The number of sulfonamides is 1. The van der Waals surface area contributed by atoms with Gasteiger partial charge in [-0.3, -0.25) is 9.71 Å². The molecule has 0 saturated heterocycles. The molecule has 7 nitrogen and oxygen atoms in total. The average molecular weight is 315 g/mol. The second-order valence-corrected chi connectivity index (χ2v) is 6.32. The van der Waals surface area contributed by atoms with Crippen molar-refractivity contribution in [3.63, 3.8) is 0 Å². The highest BCUT2D eigenvalue weighted by molar-refractivity contribution is 7.92. The fourth-order valence-corrected chi connectivity index (χ4v) is 3.00. The molecule has 0 saturated carbocycles. The molecule has 3 aromatic rings. The maximum Gasteiger partial charge on any atom is 0.263 e. The van der Waals surface area contributed by atoms with E-state index in [1.807, 2.05) is 13.1 Å². The number of hydrogen-bond donors (Lipinski definition) is 1. The van der Waals surface area contributed by atoms with E-state index in [2.05, 4.69) is 19.9 Å². The quantitative estimate of drug-likeness (QED) is 0.791. The van der Waals surface area contributed by atoms with Gasteiger partial charge in [0.1, 0.15) is 11.2 Å². The molecule has 2 heterocycles. The summed E-state index contributed by atoms with van der Waals surface area (Å²) in [4.78, 5) is 3.93. The average Bonchev–Trinajstić information content (AvgIpc) is 2.94. The van der Waals surface area contributed by atoms with E-state index in [1.54, 1.807) is 35.2 Å². The normalized spacial score (nSPS) is 11.3. The van der Waals surface area contributed by atoms with Crippen LogP contribution in [0.3, 0.4) is 0 Å². The number of aryl methyl sites for hydroxylation is 1. The number of benzene rings is 1. The van der Waals surface area contributed by atoms with E-state index in [1.165, 1.54) is 18.5 Å². The zero-order valence-corrected chi connectivity index (χ0v) is 12.5. The Morgan fingerprint density at radius 3 is 2.73 bits per heavy atom. The minimum atomic E-state index is -3.66. The van der Waals surface area contributed by atoms with Crippen LogP contribution < -0.4 is 4.72 Å². The van der Waals surface area contributed by atoms with E-state index >= 15 is 0 Å². The second kappa shape index (κ2) is 5.57. The number of aromatic nitrogens is 4. The SMILES string of the molecule is Cn1cnnc1-c1cccc(NS(=O)(=O)c2cccnc2)c1. The summed E-state index contributed by atoms with van der Waals surface area (Å²) >= 11 is 0. The van der Waals surface area contributed by atoms with E-state index in [0.29, 0.717) is 11.5 Å². The van der Waals surface area contributed by atoms with Crippen molar-refractivity contribution in [3.8, 4) is 11.4 Å². The minimum Gasteiger partial charge on any atom is -0.317 e. The maximum absolute atomic E-state index is 12.3.